The van der Waals surface area contributed by atoms with Crippen LogP contribution < -0.4 is 10.1 Å². The van der Waals surface area contributed by atoms with Crippen LogP contribution in [0.2, 0.25) is 0 Å². The lowest BCUT2D eigenvalue weighted by atomic mass is 9.64. The third kappa shape index (κ3) is 2.73. The summed E-state index contributed by atoms with van der Waals surface area (Å²) in [7, 11) is 1.53. The standard InChI is InChI=1S/C14H20BrNO3/c1-14(2)11(6-12(14)17)16-7-8-4-9(15)13(18)10(5-8)19-3/h4-5,11-12,16-18H,6-7H2,1-3H3. The first kappa shape index (κ1) is 14.6. The smallest absolute Gasteiger partial charge is 0.172 e. The van der Waals surface area contributed by atoms with Gasteiger partial charge >= 0.3 is 0 Å². The van der Waals surface area contributed by atoms with E-state index in [1.165, 1.54) is 7.11 Å². The second-order valence-electron chi connectivity index (χ2n) is 5.63. The summed E-state index contributed by atoms with van der Waals surface area (Å²) in [6.07, 6.45) is 0.551. The number of hydrogen-bond donors (Lipinski definition) is 3. The fourth-order valence-electron chi connectivity index (χ4n) is 2.37. The molecule has 4 nitrogen and oxygen atoms in total. The lowest BCUT2D eigenvalue weighted by Crippen LogP contribution is -2.59. The number of aliphatic hydroxyl groups is 1. The van der Waals surface area contributed by atoms with Crippen LogP contribution in [0.3, 0.4) is 0 Å². The van der Waals surface area contributed by atoms with Gasteiger partial charge in [-0.05, 0) is 40.0 Å². The summed E-state index contributed by atoms with van der Waals surface area (Å²) >= 11 is 3.31. The van der Waals surface area contributed by atoms with Gasteiger partial charge in [-0.1, -0.05) is 13.8 Å². The molecule has 0 aliphatic heterocycles. The highest BCUT2D eigenvalue weighted by Crippen LogP contribution is 2.41. The average Bonchev–Trinajstić information content (AvgIpc) is 2.37. The number of methoxy groups -OCH3 is 1. The number of rotatable bonds is 4. The first-order chi connectivity index (χ1) is 8.86. The lowest BCUT2D eigenvalue weighted by Gasteiger charge is -2.49. The predicted molar refractivity (Wildman–Crippen MR) is 77.4 cm³/mol. The molecular weight excluding hydrogens is 310 g/mol. The van der Waals surface area contributed by atoms with E-state index in [2.05, 4.69) is 35.1 Å². The van der Waals surface area contributed by atoms with Crippen LogP contribution in [0.5, 0.6) is 11.5 Å². The summed E-state index contributed by atoms with van der Waals surface area (Å²) in [5.41, 5.74) is 0.942. The predicted octanol–water partition coefficient (Wildman–Crippen LogP) is 2.41. The molecule has 0 aromatic heterocycles. The number of aromatic hydroxyl groups is 1. The highest BCUT2D eigenvalue weighted by atomic mass is 79.9. The zero-order valence-electron chi connectivity index (χ0n) is 11.4. The zero-order chi connectivity index (χ0) is 14.2. The van der Waals surface area contributed by atoms with Crippen LogP contribution in [0.25, 0.3) is 0 Å². The lowest BCUT2D eigenvalue weighted by molar-refractivity contribution is -0.0729. The van der Waals surface area contributed by atoms with Crippen molar-refractivity contribution >= 4 is 15.9 Å². The number of hydrogen-bond acceptors (Lipinski definition) is 4. The normalized spacial score (nSPS) is 24.9. The van der Waals surface area contributed by atoms with E-state index in [4.69, 9.17) is 4.74 Å². The summed E-state index contributed by atoms with van der Waals surface area (Å²) < 4.78 is 5.75. The van der Waals surface area contributed by atoms with Gasteiger partial charge in [-0.3, -0.25) is 0 Å². The van der Waals surface area contributed by atoms with Gasteiger partial charge in [0.05, 0.1) is 17.7 Å². The molecule has 0 saturated heterocycles. The molecule has 1 aliphatic rings. The van der Waals surface area contributed by atoms with Gasteiger partial charge in [-0.25, -0.2) is 0 Å². The average molecular weight is 330 g/mol. The minimum Gasteiger partial charge on any atom is -0.503 e. The van der Waals surface area contributed by atoms with E-state index in [9.17, 15) is 10.2 Å². The Morgan fingerprint density at radius 1 is 1.47 bits per heavy atom. The van der Waals surface area contributed by atoms with Crippen molar-refractivity contribution in [2.75, 3.05) is 7.11 Å². The third-order valence-corrected chi connectivity index (χ3v) is 4.68. The Bertz CT molecular complexity index is 476. The van der Waals surface area contributed by atoms with Crippen LogP contribution in [-0.4, -0.2) is 29.5 Å². The number of nitrogens with one attached hydrogen (secondary N) is 1. The Hall–Kier alpha value is -0.780. The molecule has 1 aromatic carbocycles. The molecule has 19 heavy (non-hydrogen) atoms. The van der Waals surface area contributed by atoms with Crippen molar-refractivity contribution in [3.63, 3.8) is 0 Å². The quantitative estimate of drug-likeness (QED) is 0.793. The van der Waals surface area contributed by atoms with Gasteiger partial charge < -0.3 is 20.3 Å². The van der Waals surface area contributed by atoms with Gasteiger partial charge in [-0.15, -0.1) is 0 Å². The molecule has 2 rings (SSSR count). The summed E-state index contributed by atoms with van der Waals surface area (Å²) in [6.45, 7) is 4.80. The van der Waals surface area contributed by atoms with E-state index in [-0.39, 0.29) is 17.3 Å². The molecule has 0 amide bonds. The Labute approximate surface area is 121 Å². The van der Waals surface area contributed by atoms with Crippen molar-refractivity contribution in [2.24, 2.45) is 5.41 Å². The Kier molecular flexibility index (Phi) is 4.08. The van der Waals surface area contributed by atoms with Gasteiger partial charge in [-0.2, -0.15) is 0 Å². The molecule has 2 unspecified atom stereocenters. The molecule has 0 heterocycles. The number of benzene rings is 1. The summed E-state index contributed by atoms with van der Waals surface area (Å²) in [6, 6.07) is 3.99. The van der Waals surface area contributed by atoms with E-state index in [0.29, 0.717) is 22.8 Å². The zero-order valence-corrected chi connectivity index (χ0v) is 13.0. The van der Waals surface area contributed by atoms with Crippen LogP contribution >= 0.6 is 15.9 Å². The number of phenols is 1. The minimum atomic E-state index is -0.230. The fraction of sp³-hybridized carbons (Fsp3) is 0.571. The fourth-order valence-corrected chi connectivity index (χ4v) is 2.86. The topological polar surface area (TPSA) is 61.7 Å². The van der Waals surface area contributed by atoms with Crippen molar-refractivity contribution in [2.45, 2.75) is 39.0 Å². The molecule has 3 N–H and O–H groups in total. The highest BCUT2D eigenvalue weighted by Gasteiger charge is 2.46. The van der Waals surface area contributed by atoms with Crippen LogP contribution in [0.4, 0.5) is 0 Å². The van der Waals surface area contributed by atoms with Crippen LogP contribution in [0.1, 0.15) is 25.8 Å². The van der Waals surface area contributed by atoms with E-state index < -0.39 is 0 Å². The van der Waals surface area contributed by atoms with Crippen molar-refractivity contribution in [1.82, 2.24) is 5.32 Å². The van der Waals surface area contributed by atoms with Crippen molar-refractivity contribution in [3.8, 4) is 11.5 Å². The molecule has 2 atom stereocenters. The summed E-state index contributed by atoms with van der Waals surface area (Å²) in [5.74, 6) is 0.574. The van der Waals surface area contributed by atoms with Gasteiger partial charge in [0.25, 0.3) is 0 Å². The molecule has 1 aromatic rings. The largest absolute Gasteiger partial charge is 0.503 e. The first-order valence-corrected chi connectivity index (χ1v) is 7.12. The maximum atomic E-state index is 9.75. The Balaban J connectivity index is 2.03. The molecule has 5 heteroatoms. The summed E-state index contributed by atoms with van der Waals surface area (Å²) in [5, 5.41) is 22.9. The van der Waals surface area contributed by atoms with E-state index >= 15 is 0 Å². The van der Waals surface area contributed by atoms with Crippen molar-refractivity contribution < 1.29 is 14.9 Å². The maximum absolute atomic E-state index is 9.75. The van der Waals surface area contributed by atoms with Crippen LogP contribution in [0, 0.1) is 5.41 Å². The number of halogens is 1. The second kappa shape index (κ2) is 5.31. The van der Waals surface area contributed by atoms with Gasteiger partial charge in [0.2, 0.25) is 0 Å². The molecule has 1 aliphatic carbocycles. The molecule has 1 saturated carbocycles. The molecule has 0 radical (unpaired) electrons. The second-order valence-corrected chi connectivity index (χ2v) is 6.49. The number of aliphatic hydroxyl groups excluding tert-OH is 1. The van der Waals surface area contributed by atoms with E-state index in [1.807, 2.05) is 12.1 Å². The van der Waals surface area contributed by atoms with Crippen molar-refractivity contribution in [3.05, 3.63) is 22.2 Å². The molecule has 106 valence electrons. The molecule has 1 fully saturated rings. The van der Waals surface area contributed by atoms with Crippen LogP contribution in [0.15, 0.2) is 16.6 Å². The molecule has 0 bridgehead atoms. The van der Waals surface area contributed by atoms with Gasteiger partial charge in [0.15, 0.2) is 11.5 Å². The number of phenolic OH excluding ortho intramolecular Hbond substituents is 1. The van der Waals surface area contributed by atoms with E-state index in [0.717, 1.165) is 12.0 Å². The van der Waals surface area contributed by atoms with Gasteiger partial charge in [0, 0.05) is 18.0 Å². The third-order valence-electron chi connectivity index (χ3n) is 4.08. The first-order valence-electron chi connectivity index (χ1n) is 6.33. The number of ether oxygens (including phenoxy) is 1. The van der Waals surface area contributed by atoms with Crippen LogP contribution in [-0.2, 0) is 6.54 Å². The molecular formula is C14H20BrNO3. The molecule has 0 spiro atoms. The maximum Gasteiger partial charge on any atom is 0.172 e. The summed E-state index contributed by atoms with van der Waals surface area (Å²) in [4.78, 5) is 0. The van der Waals surface area contributed by atoms with E-state index in [1.54, 1.807) is 0 Å². The highest BCUT2D eigenvalue weighted by molar-refractivity contribution is 9.10. The SMILES string of the molecule is COc1cc(CNC2CC(O)C2(C)C)cc(Br)c1O. The minimum absolute atomic E-state index is 0.0851. The monoisotopic (exact) mass is 329 g/mol. The van der Waals surface area contributed by atoms with Gasteiger partial charge in [0.1, 0.15) is 0 Å². The Morgan fingerprint density at radius 3 is 2.68 bits per heavy atom. The Morgan fingerprint density at radius 2 is 2.16 bits per heavy atom. The van der Waals surface area contributed by atoms with Crippen molar-refractivity contribution in [1.29, 1.82) is 0 Å².